The summed E-state index contributed by atoms with van der Waals surface area (Å²) in [7, 11) is 1.88. The number of aryl methyl sites for hydroxylation is 2. The number of nitrogens with zero attached hydrogens (tertiary/aromatic N) is 3. The molecule has 1 aliphatic rings. The van der Waals surface area contributed by atoms with Gasteiger partial charge in [0.1, 0.15) is 5.15 Å². The predicted molar refractivity (Wildman–Crippen MR) is 85.6 cm³/mol. The van der Waals surface area contributed by atoms with Crippen LogP contribution in [0.4, 0.5) is 0 Å². The number of rotatable bonds is 7. The molecule has 1 aliphatic heterocycles. The second-order valence-corrected chi connectivity index (χ2v) is 6.15. The standard InChI is InChI=1S/C15H27ClN4O/c1-3-14-13(15(16)19(2)18-14)11-17-7-4-8-20-9-5-12(21)6-10-20/h12,17,21H,3-11H2,1-2H3. The van der Waals surface area contributed by atoms with Crippen LogP contribution in [0.25, 0.3) is 0 Å². The van der Waals surface area contributed by atoms with Crippen LogP contribution >= 0.6 is 11.6 Å². The van der Waals surface area contributed by atoms with E-state index in [1.54, 1.807) is 4.68 Å². The van der Waals surface area contributed by atoms with Gasteiger partial charge in [0.05, 0.1) is 11.8 Å². The predicted octanol–water partition coefficient (Wildman–Crippen LogP) is 1.57. The molecular formula is C15H27ClN4O. The van der Waals surface area contributed by atoms with Gasteiger partial charge in [-0.2, -0.15) is 5.10 Å². The normalized spacial score (nSPS) is 17.5. The van der Waals surface area contributed by atoms with Crippen molar-refractivity contribution in [2.24, 2.45) is 7.05 Å². The van der Waals surface area contributed by atoms with E-state index in [2.05, 4.69) is 22.2 Å². The molecule has 5 nitrogen and oxygen atoms in total. The summed E-state index contributed by atoms with van der Waals surface area (Å²) in [6, 6.07) is 0. The van der Waals surface area contributed by atoms with Crippen LogP contribution in [-0.4, -0.2) is 52.1 Å². The van der Waals surface area contributed by atoms with Gasteiger partial charge in [0.25, 0.3) is 0 Å². The molecule has 0 amide bonds. The third-order valence-corrected chi connectivity index (χ3v) is 4.65. The lowest BCUT2D eigenvalue weighted by Gasteiger charge is -2.29. The maximum atomic E-state index is 9.48. The molecule has 120 valence electrons. The van der Waals surface area contributed by atoms with Crippen LogP contribution in [-0.2, 0) is 20.0 Å². The van der Waals surface area contributed by atoms with Crippen LogP contribution in [0, 0.1) is 0 Å². The first-order valence-corrected chi connectivity index (χ1v) is 8.31. The highest BCUT2D eigenvalue weighted by atomic mass is 35.5. The third kappa shape index (κ3) is 4.68. The first-order chi connectivity index (χ1) is 10.1. The van der Waals surface area contributed by atoms with Gasteiger partial charge in [-0.15, -0.1) is 0 Å². The summed E-state index contributed by atoms with van der Waals surface area (Å²) >= 11 is 6.27. The Morgan fingerprint density at radius 2 is 2.10 bits per heavy atom. The Hall–Kier alpha value is -0.620. The van der Waals surface area contributed by atoms with Gasteiger partial charge in [0.15, 0.2) is 0 Å². The zero-order valence-electron chi connectivity index (χ0n) is 13.1. The van der Waals surface area contributed by atoms with Crippen LogP contribution in [0.3, 0.4) is 0 Å². The Bertz CT molecular complexity index is 441. The summed E-state index contributed by atoms with van der Waals surface area (Å²) < 4.78 is 1.75. The van der Waals surface area contributed by atoms with E-state index < -0.39 is 0 Å². The van der Waals surface area contributed by atoms with E-state index in [0.29, 0.717) is 0 Å². The summed E-state index contributed by atoms with van der Waals surface area (Å²) in [6.07, 6.45) is 3.78. The molecule has 6 heteroatoms. The Morgan fingerprint density at radius 3 is 2.76 bits per heavy atom. The Labute approximate surface area is 132 Å². The fourth-order valence-electron chi connectivity index (χ4n) is 2.84. The number of aliphatic hydroxyl groups is 1. The third-order valence-electron chi connectivity index (χ3n) is 4.17. The lowest BCUT2D eigenvalue weighted by molar-refractivity contribution is 0.0821. The molecule has 1 fully saturated rings. The minimum Gasteiger partial charge on any atom is -0.393 e. The number of aromatic nitrogens is 2. The van der Waals surface area contributed by atoms with Crippen molar-refractivity contribution in [2.45, 2.75) is 45.3 Å². The molecule has 2 heterocycles. The number of halogens is 1. The lowest BCUT2D eigenvalue weighted by atomic mass is 10.1. The topological polar surface area (TPSA) is 53.3 Å². The molecule has 1 aromatic heterocycles. The molecule has 2 rings (SSSR count). The number of hydrogen-bond donors (Lipinski definition) is 2. The molecule has 0 bridgehead atoms. The summed E-state index contributed by atoms with van der Waals surface area (Å²) in [4.78, 5) is 2.43. The van der Waals surface area contributed by atoms with Gasteiger partial charge < -0.3 is 15.3 Å². The number of nitrogens with one attached hydrogen (secondary N) is 1. The smallest absolute Gasteiger partial charge is 0.131 e. The van der Waals surface area contributed by atoms with Crippen LogP contribution in [0.15, 0.2) is 0 Å². The van der Waals surface area contributed by atoms with E-state index in [0.717, 1.165) is 74.8 Å². The average molecular weight is 315 g/mol. The van der Waals surface area contributed by atoms with E-state index in [4.69, 9.17) is 11.6 Å². The van der Waals surface area contributed by atoms with Gasteiger partial charge in [-0.25, -0.2) is 0 Å². The largest absolute Gasteiger partial charge is 0.393 e. The van der Waals surface area contributed by atoms with Gasteiger partial charge >= 0.3 is 0 Å². The molecular weight excluding hydrogens is 288 g/mol. The number of aliphatic hydroxyl groups excluding tert-OH is 1. The van der Waals surface area contributed by atoms with E-state index in [-0.39, 0.29) is 6.10 Å². The molecule has 21 heavy (non-hydrogen) atoms. The SMILES string of the molecule is CCc1nn(C)c(Cl)c1CNCCCN1CCC(O)CC1. The van der Waals surface area contributed by atoms with Crippen molar-refractivity contribution in [1.29, 1.82) is 0 Å². The molecule has 1 saturated heterocycles. The summed E-state index contributed by atoms with van der Waals surface area (Å²) in [6.45, 7) is 7.02. The Kier molecular flexibility index (Phi) is 6.48. The first-order valence-electron chi connectivity index (χ1n) is 7.93. The van der Waals surface area contributed by atoms with Gasteiger partial charge in [0, 0.05) is 32.2 Å². The van der Waals surface area contributed by atoms with Crippen molar-refractivity contribution in [1.82, 2.24) is 20.0 Å². The van der Waals surface area contributed by atoms with E-state index in [9.17, 15) is 5.11 Å². The van der Waals surface area contributed by atoms with Crippen LogP contribution < -0.4 is 5.32 Å². The van der Waals surface area contributed by atoms with Crippen molar-refractivity contribution in [3.63, 3.8) is 0 Å². The summed E-state index contributed by atoms with van der Waals surface area (Å²) in [5.41, 5.74) is 2.21. The first kappa shape index (κ1) is 16.7. The lowest BCUT2D eigenvalue weighted by Crippen LogP contribution is -2.37. The van der Waals surface area contributed by atoms with Crippen molar-refractivity contribution in [3.05, 3.63) is 16.4 Å². The second-order valence-electron chi connectivity index (χ2n) is 5.80. The molecule has 1 aromatic rings. The number of piperidine rings is 1. The molecule has 0 unspecified atom stereocenters. The maximum Gasteiger partial charge on any atom is 0.131 e. The van der Waals surface area contributed by atoms with E-state index >= 15 is 0 Å². The van der Waals surface area contributed by atoms with Gasteiger partial charge in [-0.05, 0) is 38.8 Å². The zero-order chi connectivity index (χ0) is 15.2. The van der Waals surface area contributed by atoms with Crippen molar-refractivity contribution < 1.29 is 5.11 Å². The maximum absolute atomic E-state index is 9.48. The minimum absolute atomic E-state index is 0.0837. The molecule has 0 atom stereocenters. The monoisotopic (exact) mass is 314 g/mol. The van der Waals surface area contributed by atoms with Gasteiger partial charge in [-0.3, -0.25) is 4.68 Å². The van der Waals surface area contributed by atoms with Crippen LogP contribution in [0.2, 0.25) is 5.15 Å². The molecule has 0 saturated carbocycles. The Balaban J connectivity index is 1.66. The molecule has 0 aliphatic carbocycles. The number of hydrogen-bond acceptors (Lipinski definition) is 4. The van der Waals surface area contributed by atoms with Gasteiger partial charge in [0.2, 0.25) is 0 Å². The highest BCUT2D eigenvalue weighted by molar-refractivity contribution is 6.30. The fourth-order valence-corrected chi connectivity index (χ4v) is 3.06. The van der Waals surface area contributed by atoms with Crippen molar-refractivity contribution >= 4 is 11.6 Å². The molecule has 0 radical (unpaired) electrons. The summed E-state index contributed by atoms with van der Waals surface area (Å²) in [5.74, 6) is 0. The van der Waals surface area contributed by atoms with E-state index in [1.807, 2.05) is 7.05 Å². The Morgan fingerprint density at radius 1 is 1.38 bits per heavy atom. The fraction of sp³-hybridized carbons (Fsp3) is 0.800. The summed E-state index contributed by atoms with van der Waals surface area (Å²) in [5, 5.41) is 18.1. The second kappa shape index (κ2) is 8.13. The molecule has 2 N–H and O–H groups in total. The minimum atomic E-state index is -0.0837. The van der Waals surface area contributed by atoms with Crippen molar-refractivity contribution in [2.75, 3.05) is 26.2 Å². The van der Waals surface area contributed by atoms with Crippen LogP contribution in [0.1, 0.15) is 37.4 Å². The molecule has 0 aromatic carbocycles. The highest BCUT2D eigenvalue weighted by Gasteiger charge is 2.16. The zero-order valence-corrected chi connectivity index (χ0v) is 13.9. The average Bonchev–Trinajstić information content (AvgIpc) is 2.76. The quantitative estimate of drug-likeness (QED) is 0.750. The van der Waals surface area contributed by atoms with E-state index in [1.165, 1.54) is 0 Å². The van der Waals surface area contributed by atoms with Gasteiger partial charge in [-0.1, -0.05) is 18.5 Å². The molecule has 0 spiro atoms. The highest BCUT2D eigenvalue weighted by Crippen LogP contribution is 2.19. The van der Waals surface area contributed by atoms with Crippen LogP contribution in [0.5, 0.6) is 0 Å². The number of likely N-dealkylation sites (tertiary alicyclic amines) is 1. The van der Waals surface area contributed by atoms with Crippen molar-refractivity contribution in [3.8, 4) is 0 Å².